The van der Waals surface area contributed by atoms with Crippen LogP contribution in [0, 0.1) is 6.92 Å². The Morgan fingerprint density at radius 3 is 2.60 bits per heavy atom. The number of aryl methyl sites for hydroxylation is 2. The number of aromatic nitrogens is 2. The number of likely N-dealkylation sites (N-methyl/N-ethyl adjacent to an activating group) is 1. The van der Waals surface area contributed by atoms with Crippen LogP contribution in [0.1, 0.15) is 18.5 Å². The first-order valence-electron chi connectivity index (χ1n) is 6.72. The average Bonchev–Trinajstić information content (AvgIpc) is 3.05. The Bertz CT molecular complexity index is 507. The summed E-state index contributed by atoms with van der Waals surface area (Å²) in [4.78, 5) is 25.2. The van der Waals surface area contributed by atoms with E-state index in [4.69, 9.17) is 0 Å². The second kappa shape index (κ2) is 6.04. The minimum atomic E-state index is -0.158. The molecule has 0 bridgehead atoms. The van der Waals surface area contributed by atoms with Gasteiger partial charge < -0.3 is 10.6 Å². The molecule has 2 rings (SSSR count). The second-order valence-electron chi connectivity index (χ2n) is 5.36. The lowest BCUT2D eigenvalue weighted by molar-refractivity contribution is -0.123. The molecule has 1 aliphatic carbocycles. The van der Waals surface area contributed by atoms with Crippen LogP contribution >= 0.6 is 0 Å². The van der Waals surface area contributed by atoms with Crippen molar-refractivity contribution in [2.45, 2.75) is 25.8 Å². The standard InChI is InChI=1S/C13H21N5O2/c1-9-6-11(18(3)16-9)15-13(20)8-17(2)7-12(19)14-10-4-5-10/h6,10H,4-5,7-8H2,1-3H3,(H,14,19)(H,15,20). The Morgan fingerprint density at radius 2 is 2.05 bits per heavy atom. The van der Waals surface area contributed by atoms with Gasteiger partial charge >= 0.3 is 0 Å². The molecule has 2 amide bonds. The van der Waals surface area contributed by atoms with Gasteiger partial charge in [-0.2, -0.15) is 5.10 Å². The maximum Gasteiger partial charge on any atom is 0.239 e. The zero-order valence-corrected chi connectivity index (χ0v) is 12.1. The van der Waals surface area contributed by atoms with E-state index in [-0.39, 0.29) is 24.9 Å². The number of nitrogens with zero attached hydrogens (tertiary/aromatic N) is 3. The van der Waals surface area contributed by atoms with Crippen LogP contribution in [0.4, 0.5) is 5.82 Å². The van der Waals surface area contributed by atoms with Crippen molar-refractivity contribution < 1.29 is 9.59 Å². The molecule has 1 aromatic heterocycles. The quantitative estimate of drug-likeness (QED) is 0.761. The lowest BCUT2D eigenvalue weighted by atomic mass is 10.4. The molecule has 20 heavy (non-hydrogen) atoms. The van der Waals surface area contributed by atoms with Gasteiger partial charge in [-0.25, -0.2) is 0 Å². The minimum absolute atomic E-state index is 0.0285. The third kappa shape index (κ3) is 4.34. The molecule has 2 N–H and O–H groups in total. The first kappa shape index (κ1) is 14.5. The van der Waals surface area contributed by atoms with Crippen LogP contribution < -0.4 is 10.6 Å². The van der Waals surface area contributed by atoms with Crippen molar-refractivity contribution in [1.82, 2.24) is 20.0 Å². The van der Waals surface area contributed by atoms with Crippen molar-refractivity contribution >= 4 is 17.6 Å². The summed E-state index contributed by atoms with van der Waals surface area (Å²) in [7, 11) is 3.52. The van der Waals surface area contributed by atoms with Gasteiger partial charge in [-0.15, -0.1) is 0 Å². The summed E-state index contributed by atoms with van der Waals surface area (Å²) in [5.41, 5.74) is 0.847. The number of rotatable bonds is 6. The van der Waals surface area contributed by atoms with Gasteiger partial charge in [0, 0.05) is 19.2 Å². The van der Waals surface area contributed by atoms with Crippen LogP contribution in [0.15, 0.2) is 6.07 Å². The first-order valence-corrected chi connectivity index (χ1v) is 6.72. The molecule has 1 saturated carbocycles. The summed E-state index contributed by atoms with van der Waals surface area (Å²) in [6, 6.07) is 2.15. The van der Waals surface area contributed by atoms with E-state index in [0.717, 1.165) is 18.5 Å². The zero-order valence-electron chi connectivity index (χ0n) is 12.1. The molecule has 0 aromatic carbocycles. The molecule has 0 aliphatic heterocycles. The largest absolute Gasteiger partial charge is 0.352 e. The summed E-state index contributed by atoms with van der Waals surface area (Å²) >= 11 is 0. The molecule has 110 valence electrons. The van der Waals surface area contributed by atoms with Crippen LogP contribution in [0.25, 0.3) is 0 Å². The molecule has 1 fully saturated rings. The fourth-order valence-electron chi connectivity index (χ4n) is 1.96. The Morgan fingerprint density at radius 1 is 1.40 bits per heavy atom. The number of nitrogens with one attached hydrogen (secondary N) is 2. The normalized spacial score (nSPS) is 14.4. The molecular formula is C13H21N5O2. The highest BCUT2D eigenvalue weighted by Gasteiger charge is 2.23. The number of amides is 2. The summed E-state index contributed by atoms with van der Waals surface area (Å²) in [5, 5.41) is 9.83. The maximum absolute atomic E-state index is 11.9. The van der Waals surface area contributed by atoms with Crippen LogP contribution in [-0.4, -0.2) is 52.7 Å². The molecule has 7 heteroatoms. The maximum atomic E-state index is 11.9. The fourth-order valence-corrected chi connectivity index (χ4v) is 1.96. The Labute approximate surface area is 118 Å². The smallest absolute Gasteiger partial charge is 0.239 e. The third-order valence-electron chi connectivity index (χ3n) is 3.04. The monoisotopic (exact) mass is 279 g/mol. The SMILES string of the molecule is Cc1cc(NC(=O)CN(C)CC(=O)NC2CC2)n(C)n1. The topological polar surface area (TPSA) is 79.3 Å². The second-order valence-corrected chi connectivity index (χ2v) is 5.36. The van der Waals surface area contributed by atoms with Crippen molar-refractivity contribution in [1.29, 1.82) is 0 Å². The number of hydrogen-bond donors (Lipinski definition) is 2. The molecular weight excluding hydrogens is 258 g/mol. The lowest BCUT2D eigenvalue weighted by Gasteiger charge is -2.15. The first-order chi connectivity index (χ1) is 9.44. The molecule has 1 aromatic rings. The van der Waals surface area contributed by atoms with Crippen molar-refractivity contribution in [3.8, 4) is 0 Å². The van der Waals surface area contributed by atoms with E-state index >= 15 is 0 Å². The molecule has 1 heterocycles. The molecule has 1 aliphatic rings. The summed E-state index contributed by atoms with van der Waals surface area (Å²) in [6.45, 7) is 2.26. The van der Waals surface area contributed by atoms with Gasteiger partial charge in [0.05, 0.1) is 18.8 Å². The highest BCUT2D eigenvalue weighted by atomic mass is 16.2. The summed E-state index contributed by atoms with van der Waals surface area (Å²) in [5.74, 6) is 0.470. The molecule has 7 nitrogen and oxygen atoms in total. The van der Waals surface area contributed by atoms with Gasteiger partial charge in [0.25, 0.3) is 0 Å². The van der Waals surface area contributed by atoms with Gasteiger partial charge in [0.1, 0.15) is 5.82 Å². The molecule has 0 saturated heterocycles. The van der Waals surface area contributed by atoms with E-state index in [1.165, 1.54) is 0 Å². The van der Waals surface area contributed by atoms with E-state index in [1.54, 1.807) is 29.7 Å². The van der Waals surface area contributed by atoms with Gasteiger partial charge in [0.2, 0.25) is 11.8 Å². The van der Waals surface area contributed by atoms with E-state index < -0.39 is 0 Å². The van der Waals surface area contributed by atoms with Crippen LogP contribution in [0.5, 0.6) is 0 Å². The van der Waals surface area contributed by atoms with E-state index in [1.807, 2.05) is 6.92 Å². The molecule has 0 radical (unpaired) electrons. The highest BCUT2D eigenvalue weighted by molar-refractivity contribution is 5.91. The van der Waals surface area contributed by atoms with Crippen LogP contribution in [0.2, 0.25) is 0 Å². The highest BCUT2D eigenvalue weighted by Crippen LogP contribution is 2.18. The van der Waals surface area contributed by atoms with Crippen molar-refractivity contribution in [3.63, 3.8) is 0 Å². The van der Waals surface area contributed by atoms with Gasteiger partial charge in [0.15, 0.2) is 0 Å². The summed E-state index contributed by atoms with van der Waals surface area (Å²) in [6.07, 6.45) is 2.13. The number of hydrogen-bond acceptors (Lipinski definition) is 4. The minimum Gasteiger partial charge on any atom is -0.352 e. The van der Waals surface area contributed by atoms with E-state index in [9.17, 15) is 9.59 Å². The number of carbonyl (C=O) groups excluding carboxylic acids is 2. The van der Waals surface area contributed by atoms with Crippen molar-refractivity contribution in [2.75, 3.05) is 25.5 Å². The third-order valence-corrected chi connectivity index (χ3v) is 3.04. The van der Waals surface area contributed by atoms with E-state index in [2.05, 4.69) is 15.7 Å². The fraction of sp³-hybridized carbons (Fsp3) is 0.615. The molecule has 0 unspecified atom stereocenters. The average molecular weight is 279 g/mol. The number of anilines is 1. The van der Waals surface area contributed by atoms with E-state index in [0.29, 0.717) is 11.9 Å². The van der Waals surface area contributed by atoms with Crippen LogP contribution in [-0.2, 0) is 16.6 Å². The molecule has 0 atom stereocenters. The van der Waals surface area contributed by atoms with Gasteiger partial charge in [-0.1, -0.05) is 0 Å². The van der Waals surface area contributed by atoms with Crippen LogP contribution in [0.3, 0.4) is 0 Å². The Balaban J connectivity index is 1.75. The van der Waals surface area contributed by atoms with Crippen molar-refractivity contribution in [3.05, 3.63) is 11.8 Å². The van der Waals surface area contributed by atoms with Gasteiger partial charge in [-0.3, -0.25) is 19.2 Å². The summed E-state index contributed by atoms with van der Waals surface area (Å²) < 4.78 is 1.62. The van der Waals surface area contributed by atoms with Crippen molar-refractivity contribution in [2.24, 2.45) is 7.05 Å². The number of carbonyl (C=O) groups is 2. The zero-order chi connectivity index (χ0) is 14.7. The Hall–Kier alpha value is -1.89. The van der Waals surface area contributed by atoms with Gasteiger partial charge in [-0.05, 0) is 26.8 Å². The lowest BCUT2D eigenvalue weighted by Crippen LogP contribution is -2.39. The predicted molar refractivity (Wildman–Crippen MR) is 75.2 cm³/mol. The Kier molecular flexibility index (Phi) is 4.39. The predicted octanol–water partition coefficient (Wildman–Crippen LogP) is -0.123. The molecule has 0 spiro atoms.